The molecule has 3 fully saturated rings. The number of carbonyl (C=O) groups is 2. The number of nitriles is 1. The molecular formula is C25H26N4O2. The number of amides is 2. The van der Waals surface area contributed by atoms with Gasteiger partial charge in [-0.25, -0.2) is 0 Å². The number of hydrogen-bond donors (Lipinski definition) is 1. The maximum Gasteiger partial charge on any atom is 0.253 e. The van der Waals surface area contributed by atoms with Crippen LogP contribution in [0.25, 0.3) is 11.1 Å². The fourth-order valence-corrected chi connectivity index (χ4v) is 4.35. The van der Waals surface area contributed by atoms with Crippen molar-refractivity contribution in [3.8, 4) is 17.2 Å². The molecule has 0 aromatic heterocycles. The van der Waals surface area contributed by atoms with Gasteiger partial charge in [-0.2, -0.15) is 5.26 Å². The highest BCUT2D eigenvalue weighted by Crippen LogP contribution is 2.48. The van der Waals surface area contributed by atoms with E-state index < -0.39 is 5.54 Å². The van der Waals surface area contributed by atoms with Crippen molar-refractivity contribution < 1.29 is 9.59 Å². The summed E-state index contributed by atoms with van der Waals surface area (Å²) < 4.78 is 0. The second-order valence-electron chi connectivity index (χ2n) is 9.09. The van der Waals surface area contributed by atoms with Crippen molar-refractivity contribution in [2.24, 2.45) is 5.73 Å². The monoisotopic (exact) mass is 414 g/mol. The van der Waals surface area contributed by atoms with Crippen molar-refractivity contribution in [2.45, 2.75) is 36.6 Å². The van der Waals surface area contributed by atoms with E-state index in [2.05, 4.69) is 12.1 Å². The van der Waals surface area contributed by atoms with E-state index in [-0.39, 0.29) is 17.2 Å². The highest BCUT2D eigenvalue weighted by atomic mass is 16.2. The van der Waals surface area contributed by atoms with Gasteiger partial charge in [-0.3, -0.25) is 9.59 Å². The van der Waals surface area contributed by atoms with E-state index in [0.29, 0.717) is 31.7 Å². The Kier molecular flexibility index (Phi) is 4.60. The Morgan fingerprint density at radius 3 is 2.10 bits per heavy atom. The van der Waals surface area contributed by atoms with Crippen LogP contribution in [0.5, 0.6) is 0 Å². The van der Waals surface area contributed by atoms with E-state index in [4.69, 9.17) is 5.73 Å². The summed E-state index contributed by atoms with van der Waals surface area (Å²) in [5.74, 6) is 0.0123. The number of nitrogens with two attached hydrogens (primary N) is 1. The second-order valence-corrected chi connectivity index (χ2v) is 9.09. The fraction of sp³-hybridized carbons (Fsp3) is 0.400. The van der Waals surface area contributed by atoms with Gasteiger partial charge in [0.2, 0.25) is 5.91 Å². The highest BCUT2D eigenvalue weighted by molar-refractivity contribution is 5.95. The molecule has 0 atom stereocenters. The molecule has 2 aromatic carbocycles. The van der Waals surface area contributed by atoms with Gasteiger partial charge in [0.25, 0.3) is 5.91 Å². The SMILES string of the molecule is N#CC1(c2cccc(-c3ccc(C(=O)N4CCN(C(=O)C5(N)CC5)CC4)cc3)c2)CC1. The number of benzene rings is 2. The zero-order valence-electron chi connectivity index (χ0n) is 17.5. The van der Waals surface area contributed by atoms with Crippen LogP contribution >= 0.6 is 0 Å². The van der Waals surface area contributed by atoms with Crippen LogP contribution in [0.3, 0.4) is 0 Å². The summed E-state index contributed by atoms with van der Waals surface area (Å²) in [7, 11) is 0. The Bertz CT molecular complexity index is 1070. The molecule has 2 aliphatic carbocycles. The third-order valence-electron chi connectivity index (χ3n) is 6.91. The molecule has 6 nitrogen and oxygen atoms in total. The molecule has 158 valence electrons. The molecule has 1 saturated heterocycles. The summed E-state index contributed by atoms with van der Waals surface area (Å²) in [4.78, 5) is 28.9. The maximum absolute atomic E-state index is 12.9. The minimum absolute atomic E-state index is 0.0114. The van der Waals surface area contributed by atoms with Crippen LogP contribution in [0.2, 0.25) is 0 Å². The van der Waals surface area contributed by atoms with Crippen LogP contribution in [-0.2, 0) is 10.2 Å². The first kappa shape index (κ1) is 19.8. The predicted molar refractivity (Wildman–Crippen MR) is 117 cm³/mol. The number of carbonyl (C=O) groups excluding carboxylic acids is 2. The summed E-state index contributed by atoms with van der Waals surface area (Å²) in [6.07, 6.45) is 3.37. The lowest BCUT2D eigenvalue weighted by atomic mass is 9.93. The lowest BCUT2D eigenvalue weighted by molar-refractivity contribution is -0.135. The van der Waals surface area contributed by atoms with Crippen molar-refractivity contribution in [3.63, 3.8) is 0 Å². The normalized spacial score (nSPS) is 20.6. The molecule has 0 unspecified atom stereocenters. The molecule has 5 rings (SSSR count). The summed E-state index contributed by atoms with van der Waals surface area (Å²) in [5, 5.41) is 9.46. The van der Waals surface area contributed by atoms with Gasteiger partial charge in [-0.05, 0) is 60.6 Å². The Morgan fingerprint density at radius 2 is 1.52 bits per heavy atom. The molecular weight excluding hydrogens is 388 g/mol. The number of piperazine rings is 1. The van der Waals surface area contributed by atoms with Crippen molar-refractivity contribution in [3.05, 3.63) is 59.7 Å². The summed E-state index contributed by atoms with van der Waals surface area (Å²) >= 11 is 0. The van der Waals surface area contributed by atoms with Crippen molar-refractivity contribution >= 4 is 11.8 Å². The summed E-state index contributed by atoms with van der Waals surface area (Å²) in [5.41, 5.74) is 8.88. The molecule has 1 aliphatic heterocycles. The molecule has 0 radical (unpaired) electrons. The average Bonchev–Trinajstić information content (AvgIpc) is 3.76. The van der Waals surface area contributed by atoms with Gasteiger partial charge in [0.05, 0.1) is 17.0 Å². The average molecular weight is 415 g/mol. The molecule has 3 aliphatic rings. The molecule has 2 saturated carbocycles. The van der Waals surface area contributed by atoms with Crippen LogP contribution in [0, 0.1) is 11.3 Å². The van der Waals surface area contributed by atoms with Gasteiger partial charge in [-0.15, -0.1) is 0 Å². The minimum atomic E-state index is -0.647. The van der Waals surface area contributed by atoms with Gasteiger partial charge >= 0.3 is 0 Å². The molecule has 2 amide bonds. The van der Waals surface area contributed by atoms with Crippen molar-refractivity contribution in [2.75, 3.05) is 26.2 Å². The van der Waals surface area contributed by atoms with Crippen LogP contribution in [-0.4, -0.2) is 53.3 Å². The van der Waals surface area contributed by atoms with Gasteiger partial charge in [0.1, 0.15) is 0 Å². The van der Waals surface area contributed by atoms with E-state index in [1.54, 1.807) is 9.80 Å². The Morgan fingerprint density at radius 1 is 0.871 bits per heavy atom. The third kappa shape index (κ3) is 3.60. The second kappa shape index (κ2) is 7.21. The van der Waals surface area contributed by atoms with E-state index in [0.717, 1.165) is 42.4 Å². The van der Waals surface area contributed by atoms with Crippen molar-refractivity contribution in [1.29, 1.82) is 5.26 Å². The Labute approximate surface area is 182 Å². The molecule has 1 heterocycles. The smallest absolute Gasteiger partial charge is 0.253 e. The largest absolute Gasteiger partial charge is 0.338 e. The van der Waals surface area contributed by atoms with E-state index in [1.807, 2.05) is 42.5 Å². The number of rotatable bonds is 4. The molecule has 2 aromatic rings. The van der Waals surface area contributed by atoms with Crippen molar-refractivity contribution in [1.82, 2.24) is 9.80 Å². The maximum atomic E-state index is 12.9. The van der Waals surface area contributed by atoms with Gasteiger partial charge in [0, 0.05) is 31.7 Å². The Hall–Kier alpha value is -3.17. The lowest BCUT2D eigenvalue weighted by Gasteiger charge is -2.36. The molecule has 0 spiro atoms. The van der Waals surface area contributed by atoms with E-state index in [9.17, 15) is 14.9 Å². The zero-order valence-corrected chi connectivity index (χ0v) is 17.5. The van der Waals surface area contributed by atoms with Crippen LogP contribution in [0.1, 0.15) is 41.6 Å². The number of nitrogens with zero attached hydrogens (tertiary/aromatic N) is 3. The quantitative estimate of drug-likeness (QED) is 0.833. The van der Waals surface area contributed by atoms with Gasteiger partial charge in [-0.1, -0.05) is 30.3 Å². The van der Waals surface area contributed by atoms with Gasteiger partial charge < -0.3 is 15.5 Å². The number of hydrogen-bond acceptors (Lipinski definition) is 4. The molecule has 6 heteroatoms. The third-order valence-corrected chi connectivity index (χ3v) is 6.91. The topological polar surface area (TPSA) is 90.4 Å². The predicted octanol–water partition coefficient (Wildman–Crippen LogP) is 2.68. The first-order valence-electron chi connectivity index (χ1n) is 10.9. The first-order chi connectivity index (χ1) is 14.9. The first-order valence-corrected chi connectivity index (χ1v) is 10.9. The van der Waals surface area contributed by atoms with E-state index in [1.165, 1.54) is 0 Å². The van der Waals surface area contributed by atoms with Gasteiger partial charge in [0.15, 0.2) is 0 Å². The lowest BCUT2D eigenvalue weighted by Crippen LogP contribution is -2.55. The van der Waals surface area contributed by atoms with Crippen LogP contribution in [0.15, 0.2) is 48.5 Å². The molecule has 31 heavy (non-hydrogen) atoms. The highest BCUT2D eigenvalue weighted by Gasteiger charge is 2.48. The molecule has 2 N–H and O–H groups in total. The standard InChI is InChI=1S/C25H26N4O2/c26-17-24(8-9-24)21-3-1-2-20(16-21)18-4-6-19(7-5-18)22(30)28-12-14-29(15-13-28)23(31)25(27)10-11-25/h1-7,16H,8-15,27H2. The van der Waals surface area contributed by atoms with Crippen LogP contribution in [0.4, 0.5) is 0 Å². The summed E-state index contributed by atoms with van der Waals surface area (Å²) in [6.45, 7) is 2.13. The van der Waals surface area contributed by atoms with E-state index >= 15 is 0 Å². The molecule has 0 bridgehead atoms. The summed E-state index contributed by atoms with van der Waals surface area (Å²) in [6, 6.07) is 18.2. The minimum Gasteiger partial charge on any atom is -0.338 e. The fourth-order valence-electron chi connectivity index (χ4n) is 4.35. The zero-order chi connectivity index (χ0) is 21.6. The van der Waals surface area contributed by atoms with Crippen LogP contribution < -0.4 is 5.73 Å². The Balaban J connectivity index is 1.25.